The van der Waals surface area contributed by atoms with Gasteiger partial charge < -0.3 is 5.11 Å². The van der Waals surface area contributed by atoms with E-state index in [-0.39, 0.29) is 10.9 Å². The lowest BCUT2D eigenvalue weighted by Crippen LogP contribution is -2.34. The van der Waals surface area contributed by atoms with Crippen LogP contribution in [0.3, 0.4) is 0 Å². The van der Waals surface area contributed by atoms with Gasteiger partial charge in [0.25, 0.3) is 0 Å². The minimum Gasteiger partial charge on any atom is -0.478 e. The molecule has 0 saturated carbocycles. The van der Waals surface area contributed by atoms with Crippen molar-refractivity contribution in [1.82, 2.24) is 9.71 Å². The standard InChI is InChI=1S/C12H16N2O4S2/c1-9(8-19-2)14-20(17,18)11-5-10(6-13-7-11)3-4-12(15)16/h3-7,9,14H,8H2,1-2H3,(H,15,16)/b4-3+. The van der Waals surface area contributed by atoms with Gasteiger partial charge in [0.05, 0.1) is 0 Å². The van der Waals surface area contributed by atoms with Crippen LogP contribution in [-0.4, -0.2) is 42.5 Å². The fourth-order valence-corrected chi connectivity index (χ4v) is 3.39. The van der Waals surface area contributed by atoms with Crippen LogP contribution in [0.5, 0.6) is 0 Å². The maximum Gasteiger partial charge on any atom is 0.328 e. The van der Waals surface area contributed by atoms with Crippen molar-refractivity contribution in [2.45, 2.75) is 17.9 Å². The summed E-state index contributed by atoms with van der Waals surface area (Å²) in [4.78, 5) is 14.3. The molecule has 1 atom stereocenters. The highest BCUT2D eigenvalue weighted by atomic mass is 32.2. The summed E-state index contributed by atoms with van der Waals surface area (Å²) < 4.78 is 26.8. The summed E-state index contributed by atoms with van der Waals surface area (Å²) in [5.74, 6) is -0.448. The number of rotatable bonds is 7. The first-order valence-corrected chi connectivity index (χ1v) is 8.60. The molecule has 1 unspecified atom stereocenters. The number of nitrogens with zero attached hydrogens (tertiary/aromatic N) is 1. The van der Waals surface area contributed by atoms with E-state index in [1.54, 1.807) is 18.7 Å². The monoisotopic (exact) mass is 316 g/mol. The van der Waals surface area contributed by atoms with Crippen molar-refractivity contribution < 1.29 is 18.3 Å². The quantitative estimate of drug-likeness (QED) is 0.734. The molecule has 1 aromatic rings. The molecular formula is C12H16N2O4S2. The summed E-state index contributed by atoms with van der Waals surface area (Å²) in [6.45, 7) is 1.77. The van der Waals surface area contributed by atoms with Gasteiger partial charge in [-0.05, 0) is 30.9 Å². The molecule has 1 heterocycles. The molecule has 2 N–H and O–H groups in total. The number of carboxylic acids is 1. The van der Waals surface area contributed by atoms with Gasteiger partial charge in [0.15, 0.2) is 0 Å². The zero-order valence-corrected chi connectivity index (χ0v) is 12.7. The molecule has 110 valence electrons. The Labute approximate surface area is 122 Å². The molecule has 0 aromatic carbocycles. The van der Waals surface area contributed by atoms with Gasteiger partial charge >= 0.3 is 5.97 Å². The second-order valence-corrected chi connectivity index (χ2v) is 6.73. The lowest BCUT2D eigenvalue weighted by molar-refractivity contribution is -0.131. The average Bonchev–Trinajstić information content (AvgIpc) is 2.36. The Bertz CT molecular complexity index is 599. The fourth-order valence-electron chi connectivity index (χ4n) is 1.46. The van der Waals surface area contributed by atoms with E-state index in [0.717, 1.165) is 6.08 Å². The third kappa shape index (κ3) is 5.32. The predicted molar refractivity (Wildman–Crippen MR) is 79.1 cm³/mol. The minimum atomic E-state index is -3.65. The lowest BCUT2D eigenvalue weighted by Gasteiger charge is -2.12. The number of aliphatic carboxylic acids is 1. The summed E-state index contributed by atoms with van der Waals surface area (Å²) in [6, 6.07) is 1.17. The Balaban J connectivity index is 2.95. The zero-order chi connectivity index (χ0) is 15.2. The molecule has 1 rings (SSSR count). The molecule has 6 nitrogen and oxygen atoms in total. The SMILES string of the molecule is CSCC(C)NS(=O)(=O)c1cncc(/C=C/C(=O)O)c1. The number of hydrogen-bond donors (Lipinski definition) is 2. The number of sulfonamides is 1. The zero-order valence-electron chi connectivity index (χ0n) is 11.1. The van der Waals surface area contributed by atoms with Crippen LogP contribution in [0.4, 0.5) is 0 Å². The normalized spacial score (nSPS) is 13.5. The van der Waals surface area contributed by atoms with Gasteiger partial charge in [-0.1, -0.05) is 0 Å². The summed E-state index contributed by atoms with van der Waals surface area (Å²) in [5.41, 5.74) is 0.410. The third-order valence-electron chi connectivity index (χ3n) is 2.24. The van der Waals surface area contributed by atoms with Crippen molar-refractivity contribution in [1.29, 1.82) is 0 Å². The Morgan fingerprint density at radius 1 is 1.55 bits per heavy atom. The molecular weight excluding hydrogens is 300 g/mol. The number of carbonyl (C=O) groups is 1. The van der Waals surface area contributed by atoms with Crippen LogP contribution in [-0.2, 0) is 14.8 Å². The van der Waals surface area contributed by atoms with Crippen molar-refractivity contribution in [3.8, 4) is 0 Å². The summed E-state index contributed by atoms with van der Waals surface area (Å²) in [5, 5.41) is 8.54. The third-order valence-corrected chi connectivity index (χ3v) is 4.63. The fraction of sp³-hybridized carbons (Fsp3) is 0.333. The summed E-state index contributed by atoms with van der Waals surface area (Å²) in [6.07, 6.45) is 6.73. The second-order valence-electron chi connectivity index (χ2n) is 4.10. The molecule has 0 aliphatic rings. The van der Waals surface area contributed by atoms with Crippen molar-refractivity contribution >= 4 is 33.8 Å². The summed E-state index contributed by atoms with van der Waals surface area (Å²) in [7, 11) is -3.65. The molecule has 0 amide bonds. The van der Waals surface area contributed by atoms with Gasteiger partial charge in [0.2, 0.25) is 10.0 Å². The Morgan fingerprint density at radius 2 is 2.25 bits per heavy atom. The molecule has 0 fully saturated rings. The maximum absolute atomic E-state index is 12.1. The number of nitrogens with one attached hydrogen (secondary N) is 1. The molecule has 0 radical (unpaired) electrons. The Morgan fingerprint density at radius 3 is 2.85 bits per heavy atom. The molecule has 0 aliphatic carbocycles. The van der Waals surface area contributed by atoms with Crippen molar-refractivity contribution in [2.24, 2.45) is 0 Å². The van der Waals surface area contributed by atoms with Crippen LogP contribution in [0.2, 0.25) is 0 Å². The molecule has 0 saturated heterocycles. The first-order valence-electron chi connectivity index (χ1n) is 5.72. The molecule has 0 aliphatic heterocycles. The van der Waals surface area contributed by atoms with E-state index in [4.69, 9.17) is 5.11 Å². The van der Waals surface area contributed by atoms with Gasteiger partial charge in [0.1, 0.15) is 4.90 Å². The van der Waals surface area contributed by atoms with Crippen molar-refractivity contribution in [3.05, 3.63) is 30.1 Å². The van der Waals surface area contributed by atoms with Gasteiger partial charge in [-0.25, -0.2) is 17.9 Å². The Kier molecular flexibility index (Phi) is 6.18. The van der Waals surface area contributed by atoms with E-state index in [2.05, 4.69) is 9.71 Å². The second kappa shape index (κ2) is 7.41. The van der Waals surface area contributed by atoms with E-state index in [9.17, 15) is 13.2 Å². The van der Waals surface area contributed by atoms with Crippen LogP contribution in [0.25, 0.3) is 6.08 Å². The summed E-state index contributed by atoms with van der Waals surface area (Å²) >= 11 is 1.54. The number of pyridine rings is 1. The van der Waals surface area contributed by atoms with E-state index in [0.29, 0.717) is 11.3 Å². The average molecular weight is 316 g/mol. The van der Waals surface area contributed by atoms with Gasteiger partial charge in [-0.2, -0.15) is 11.8 Å². The molecule has 0 bridgehead atoms. The highest BCUT2D eigenvalue weighted by Gasteiger charge is 2.17. The molecule has 20 heavy (non-hydrogen) atoms. The van der Waals surface area contributed by atoms with Crippen molar-refractivity contribution in [3.63, 3.8) is 0 Å². The van der Waals surface area contributed by atoms with E-state index < -0.39 is 16.0 Å². The van der Waals surface area contributed by atoms with Crippen LogP contribution < -0.4 is 4.72 Å². The smallest absolute Gasteiger partial charge is 0.328 e. The van der Waals surface area contributed by atoms with E-state index in [1.807, 2.05) is 6.26 Å². The number of thioether (sulfide) groups is 1. The topological polar surface area (TPSA) is 96.4 Å². The van der Waals surface area contributed by atoms with Crippen LogP contribution in [0.15, 0.2) is 29.4 Å². The molecule has 0 spiro atoms. The number of carboxylic acid groups (broad SMARTS) is 1. The van der Waals surface area contributed by atoms with Crippen molar-refractivity contribution in [2.75, 3.05) is 12.0 Å². The highest BCUT2D eigenvalue weighted by Crippen LogP contribution is 2.12. The highest BCUT2D eigenvalue weighted by molar-refractivity contribution is 7.98. The van der Waals surface area contributed by atoms with Crippen LogP contribution >= 0.6 is 11.8 Å². The predicted octanol–water partition coefficient (Wildman–Crippen LogP) is 1.21. The number of hydrogen-bond acceptors (Lipinski definition) is 5. The lowest BCUT2D eigenvalue weighted by atomic mass is 10.2. The van der Waals surface area contributed by atoms with E-state index >= 15 is 0 Å². The Hall–Kier alpha value is -1.38. The molecule has 1 aromatic heterocycles. The van der Waals surface area contributed by atoms with Gasteiger partial charge in [-0.15, -0.1) is 0 Å². The van der Waals surface area contributed by atoms with E-state index in [1.165, 1.54) is 24.5 Å². The molecule has 8 heteroatoms. The largest absolute Gasteiger partial charge is 0.478 e. The van der Waals surface area contributed by atoms with Crippen LogP contribution in [0, 0.1) is 0 Å². The van der Waals surface area contributed by atoms with Crippen LogP contribution in [0.1, 0.15) is 12.5 Å². The van der Waals surface area contributed by atoms with Gasteiger partial charge in [-0.3, -0.25) is 4.98 Å². The maximum atomic E-state index is 12.1. The first kappa shape index (κ1) is 16.7. The number of aromatic nitrogens is 1. The minimum absolute atomic E-state index is 0.0120. The van der Waals surface area contributed by atoms with Gasteiger partial charge in [0, 0.05) is 30.3 Å². The first-order chi connectivity index (χ1) is 9.35.